The van der Waals surface area contributed by atoms with Crippen molar-refractivity contribution in [3.8, 4) is 0 Å². The third kappa shape index (κ3) is 2.34. The number of hydrogen-bond acceptors (Lipinski definition) is 2. The van der Waals surface area contributed by atoms with Crippen LogP contribution in [-0.4, -0.2) is 4.57 Å². The van der Waals surface area contributed by atoms with Gasteiger partial charge < -0.3 is 4.57 Å². The highest BCUT2D eigenvalue weighted by atomic mass is 16.1. The van der Waals surface area contributed by atoms with Gasteiger partial charge >= 0.3 is 0 Å². The Morgan fingerprint density at radius 3 is 2.50 bits per heavy atom. The summed E-state index contributed by atoms with van der Waals surface area (Å²) in [5, 5.41) is 4.59. The van der Waals surface area contributed by atoms with E-state index in [1.807, 2.05) is 54.6 Å². The summed E-state index contributed by atoms with van der Waals surface area (Å²) in [7, 11) is 1.74. The molecule has 108 valence electrons. The minimum atomic E-state index is -0.134. The number of hydrogen-bond donors (Lipinski definition) is 0. The molecule has 0 atom stereocenters. The van der Waals surface area contributed by atoms with Gasteiger partial charge in [0.1, 0.15) is 0 Å². The maximum Gasteiger partial charge on any atom is 0.254 e. The molecule has 0 fully saturated rings. The van der Waals surface area contributed by atoms with Crippen molar-refractivity contribution in [1.29, 1.82) is 0 Å². The first-order chi connectivity index (χ1) is 10.7. The number of aromatic nitrogens is 1. The molecular weight excluding hydrogens is 276 g/mol. The second-order valence-corrected chi connectivity index (χ2v) is 5.06. The van der Waals surface area contributed by atoms with Gasteiger partial charge in [0, 0.05) is 29.3 Å². The minimum absolute atomic E-state index is 0.134. The van der Waals surface area contributed by atoms with Crippen LogP contribution in [0.25, 0.3) is 21.3 Å². The van der Waals surface area contributed by atoms with Crippen LogP contribution in [0.1, 0.15) is 11.1 Å². The predicted molar refractivity (Wildman–Crippen MR) is 87.2 cm³/mol. The normalized spacial score (nSPS) is 10.4. The molecule has 1 aromatic heterocycles. The molecule has 5 nitrogen and oxygen atoms in total. The Labute approximate surface area is 127 Å². The number of rotatable bonds is 3. The lowest BCUT2D eigenvalue weighted by Crippen LogP contribution is -2.21. The summed E-state index contributed by atoms with van der Waals surface area (Å²) in [6.45, 7) is 0. The molecule has 0 saturated heterocycles. The van der Waals surface area contributed by atoms with Crippen LogP contribution in [0.2, 0.25) is 0 Å². The Balaban J connectivity index is 2.33. The van der Waals surface area contributed by atoms with Gasteiger partial charge in [-0.1, -0.05) is 53.6 Å². The molecule has 2 aromatic carbocycles. The van der Waals surface area contributed by atoms with E-state index in [4.69, 9.17) is 5.53 Å². The van der Waals surface area contributed by atoms with Crippen LogP contribution in [0.3, 0.4) is 0 Å². The van der Waals surface area contributed by atoms with Gasteiger partial charge in [0.15, 0.2) is 0 Å². The lowest BCUT2D eigenvalue weighted by molar-refractivity contribution is 0.882. The van der Waals surface area contributed by atoms with Crippen LogP contribution in [0.5, 0.6) is 0 Å². The lowest BCUT2D eigenvalue weighted by Gasteiger charge is -2.12. The van der Waals surface area contributed by atoms with E-state index in [9.17, 15) is 4.79 Å². The van der Waals surface area contributed by atoms with E-state index in [1.54, 1.807) is 11.6 Å². The molecule has 5 heteroatoms. The standard InChI is InChI=1S/C17H14N4O/c1-21-15-10-6-5-9-13(15)16(19-20-18)14(17(21)22)11-12-7-3-2-4-8-12/h2-10H,11H2,1H3. The molecule has 0 aliphatic rings. The fraction of sp³-hybridized carbons (Fsp3) is 0.118. The van der Waals surface area contributed by atoms with E-state index in [0.717, 1.165) is 16.5 Å². The van der Waals surface area contributed by atoms with Crippen molar-refractivity contribution in [2.24, 2.45) is 12.2 Å². The minimum Gasteiger partial charge on any atom is -0.311 e. The van der Waals surface area contributed by atoms with Crippen LogP contribution in [0.4, 0.5) is 5.69 Å². The van der Waals surface area contributed by atoms with Crippen molar-refractivity contribution < 1.29 is 0 Å². The van der Waals surface area contributed by atoms with Crippen molar-refractivity contribution in [3.63, 3.8) is 0 Å². The SMILES string of the molecule is Cn1c(=O)c(Cc2ccccc2)c(N=[N+]=[N-])c2ccccc21. The summed E-state index contributed by atoms with van der Waals surface area (Å²) >= 11 is 0. The molecule has 0 aliphatic carbocycles. The van der Waals surface area contributed by atoms with Gasteiger partial charge in [-0.15, -0.1) is 0 Å². The number of fused-ring (bicyclic) bond motifs is 1. The number of benzene rings is 2. The van der Waals surface area contributed by atoms with Gasteiger partial charge in [-0.3, -0.25) is 4.79 Å². The van der Waals surface area contributed by atoms with E-state index in [2.05, 4.69) is 10.0 Å². The van der Waals surface area contributed by atoms with Gasteiger partial charge in [0.2, 0.25) is 0 Å². The third-order valence-corrected chi connectivity index (χ3v) is 3.74. The van der Waals surface area contributed by atoms with Gasteiger partial charge in [0.05, 0.1) is 11.2 Å². The number of para-hydroxylation sites is 1. The van der Waals surface area contributed by atoms with Crippen LogP contribution in [0.15, 0.2) is 64.5 Å². The third-order valence-electron chi connectivity index (χ3n) is 3.74. The highest BCUT2D eigenvalue weighted by molar-refractivity contribution is 5.91. The molecule has 0 N–H and O–H groups in total. The van der Waals surface area contributed by atoms with Crippen molar-refractivity contribution in [2.45, 2.75) is 6.42 Å². The second kappa shape index (κ2) is 5.76. The average Bonchev–Trinajstić information content (AvgIpc) is 2.57. The molecule has 0 amide bonds. The van der Waals surface area contributed by atoms with Crippen molar-refractivity contribution >= 4 is 16.6 Å². The van der Waals surface area contributed by atoms with E-state index in [1.165, 1.54) is 0 Å². The average molecular weight is 290 g/mol. The van der Waals surface area contributed by atoms with Gasteiger partial charge in [0.25, 0.3) is 5.56 Å². The molecule has 0 unspecified atom stereocenters. The lowest BCUT2D eigenvalue weighted by atomic mass is 10.0. The summed E-state index contributed by atoms with van der Waals surface area (Å²) in [6.07, 6.45) is 0.437. The number of aryl methyl sites for hydroxylation is 1. The second-order valence-electron chi connectivity index (χ2n) is 5.06. The molecule has 3 rings (SSSR count). The zero-order valence-corrected chi connectivity index (χ0v) is 12.1. The van der Waals surface area contributed by atoms with Gasteiger partial charge in [-0.05, 0) is 17.2 Å². The summed E-state index contributed by atoms with van der Waals surface area (Å²) in [5.41, 5.74) is 11.4. The summed E-state index contributed by atoms with van der Waals surface area (Å²) < 4.78 is 1.60. The molecule has 0 saturated carbocycles. The Morgan fingerprint density at radius 1 is 1.09 bits per heavy atom. The van der Waals surface area contributed by atoms with Gasteiger partial charge in [-0.2, -0.15) is 0 Å². The molecule has 0 radical (unpaired) electrons. The molecule has 1 heterocycles. The zero-order valence-electron chi connectivity index (χ0n) is 12.1. The van der Waals surface area contributed by atoms with E-state index < -0.39 is 0 Å². The van der Waals surface area contributed by atoms with E-state index >= 15 is 0 Å². The fourth-order valence-electron chi connectivity index (χ4n) is 2.66. The monoisotopic (exact) mass is 290 g/mol. The highest BCUT2D eigenvalue weighted by Crippen LogP contribution is 2.29. The van der Waals surface area contributed by atoms with E-state index in [0.29, 0.717) is 17.7 Å². The molecule has 0 spiro atoms. The first-order valence-corrected chi connectivity index (χ1v) is 6.92. The van der Waals surface area contributed by atoms with E-state index in [-0.39, 0.29) is 5.56 Å². The first kappa shape index (κ1) is 13.9. The largest absolute Gasteiger partial charge is 0.311 e. The summed E-state index contributed by atoms with van der Waals surface area (Å²) in [6, 6.07) is 17.1. The maximum absolute atomic E-state index is 12.7. The van der Waals surface area contributed by atoms with Gasteiger partial charge in [-0.25, -0.2) is 0 Å². The fourth-order valence-corrected chi connectivity index (χ4v) is 2.66. The summed E-state index contributed by atoms with van der Waals surface area (Å²) in [4.78, 5) is 15.6. The molecular formula is C17H14N4O. The zero-order chi connectivity index (χ0) is 15.5. The molecule has 0 aliphatic heterocycles. The Morgan fingerprint density at radius 2 is 1.77 bits per heavy atom. The van der Waals surface area contributed by atoms with Crippen LogP contribution in [0, 0.1) is 0 Å². The van der Waals surface area contributed by atoms with Crippen LogP contribution >= 0.6 is 0 Å². The highest BCUT2D eigenvalue weighted by Gasteiger charge is 2.14. The van der Waals surface area contributed by atoms with Crippen LogP contribution in [-0.2, 0) is 13.5 Å². The van der Waals surface area contributed by atoms with Crippen molar-refractivity contribution in [2.75, 3.05) is 0 Å². The molecule has 3 aromatic rings. The predicted octanol–water partition coefficient (Wildman–Crippen LogP) is 4.07. The Bertz CT molecular complexity index is 938. The van der Waals surface area contributed by atoms with Crippen molar-refractivity contribution in [3.05, 3.63) is 86.5 Å². The van der Waals surface area contributed by atoms with Crippen LogP contribution < -0.4 is 5.56 Å². The first-order valence-electron chi connectivity index (χ1n) is 6.92. The van der Waals surface area contributed by atoms with Crippen molar-refractivity contribution in [1.82, 2.24) is 4.57 Å². The quantitative estimate of drug-likeness (QED) is 0.407. The Hall–Kier alpha value is -3.04. The molecule has 0 bridgehead atoms. The maximum atomic E-state index is 12.7. The smallest absolute Gasteiger partial charge is 0.254 e. The molecule has 22 heavy (non-hydrogen) atoms. The number of nitrogens with zero attached hydrogens (tertiary/aromatic N) is 4. The Kier molecular flexibility index (Phi) is 3.64. The number of azide groups is 1. The summed E-state index contributed by atoms with van der Waals surface area (Å²) in [5.74, 6) is 0. The number of pyridine rings is 1. The topological polar surface area (TPSA) is 70.8 Å².